The summed E-state index contributed by atoms with van der Waals surface area (Å²) in [5.74, 6) is 0. The molecule has 0 fully saturated rings. The van der Waals surface area contributed by atoms with Crippen molar-refractivity contribution in [1.82, 2.24) is 29.1 Å². The lowest BCUT2D eigenvalue weighted by Gasteiger charge is -2.26. The van der Waals surface area contributed by atoms with Crippen LogP contribution in [-0.4, -0.2) is 29.1 Å². The van der Waals surface area contributed by atoms with E-state index >= 15 is 9.59 Å². The number of rotatable bonds is 10. The first-order valence-electron chi connectivity index (χ1n) is 27.2. The Hall–Kier alpha value is -7.46. The first-order valence-corrected chi connectivity index (χ1v) is 27.2. The molecule has 390 valence electrons. The quantitative estimate of drug-likeness (QED) is 0.131. The van der Waals surface area contributed by atoms with E-state index in [9.17, 15) is 9.59 Å². The maximum atomic E-state index is 15.2. The van der Waals surface area contributed by atoms with Gasteiger partial charge in [-0.25, -0.2) is 14.5 Å². The highest BCUT2D eigenvalue weighted by Crippen LogP contribution is 2.40. The van der Waals surface area contributed by atoms with Crippen LogP contribution in [0.5, 0.6) is 0 Å². The lowest BCUT2D eigenvalue weighted by molar-refractivity contribution is 0.547. The molecular weight excluding hydrogens is 941 g/mol. The second-order valence-electron chi connectivity index (χ2n) is 25.3. The van der Waals surface area contributed by atoms with Crippen molar-refractivity contribution >= 4 is 67.9 Å². The van der Waals surface area contributed by atoms with Crippen LogP contribution in [0.1, 0.15) is 174 Å². The highest BCUT2D eigenvalue weighted by atomic mass is 16.2. The monoisotopic (exact) mass is 1010 g/mol. The Bertz CT molecular complexity index is 3800. The van der Waals surface area contributed by atoms with Crippen molar-refractivity contribution in [1.29, 1.82) is 0 Å². The van der Waals surface area contributed by atoms with Crippen LogP contribution in [0.4, 0.5) is 0 Å². The van der Waals surface area contributed by atoms with Gasteiger partial charge >= 0.3 is 0 Å². The molecule has 76 heavy (non-hydrogen) atoms. The Balaban J connectivity index is 1.31. The first-order chi connectivity index (χ1) is 35.8. The molecule has 2 aliphatic heterocycles. The number of H-pyrrole nitrogens is 2. The summed E-state index contributed by atoms with van der Waals surface area (Å²) in [5, 5.41) is 0.378. The molecule has 10 rings (SSSR count). The van der Waals surface area contributed by atoms with Gasteiger partial charge in [0.25, 0.3) is 22.2 Å². The van der Waals surface area contributed by atoms with Gasteiger partial charge in [-0.3, -0.25) is 23.7 Å². The van der Waals surface area contributed by atoms with E-state index in [0.717, 1.165) is 81.0 Å². The van der Waals surface area contributed by atoms with Crippen molar-refractivity contribution in [2.45, 2.75) is 157 Å². The van der Waals surface area contributed by atoms with Crippen LogP contribution >= 0.6 is 0 Å². The summed E-state index contributed by atoms with van der Waals surface area (Å²) in [5.41, 5.74) is 11.1. The Labute approximate surface area is 445 Å². The molecule has 0 spiro atoms. The van der Waals surface area contributed by atoms with Crippen molar-refractivity contribution < 1.29 is 0 Å². The molecule has 8 bridgehead atoms. The summed E-state index contributed by atoms with van der Waals surface area (Å²) in [7, 11) is 0. The minimum Gasteiger partial charge on any atom is -0.355 e. The Morgan fingerprint density at radius 1 is 0.421 bits per heavy atom. The lowest BCUT2D eigenvalue weighted by Crippen LogP contribution is -2.26. The van der Waals surface area contributed by atoms with Crippen molar-refractivity contribution in [2.24, 2.45) is 0 Å². The zero-order valence-corrected chi connectivity index (χ0v) is 46.7. The molecule has 10 nitrogen and oxygen atoms in total. The second-order valence-corrected chi connectivity index (χ2v) is 25.3. The summed E-state index contributed by atoms with van der Waals surface area (Å²) in [6, 6.07) is 26.9. The fourth-order valence-corrected chi connectivity index (χ4v) is 10.7. The molecule has 3 aromatic carbocycles. The van der Waals surface area contributed by atoms with E-state index < -0.39 is 22.2 Å². The third-order valence-electron chi connectivity index (χ3n) is 15.4. The van der Waals surface area contributed by atoms with E-state index in [4.69, 9.17) is 9.97 Å². The van der Waals surface area contributed by atoms with Crippen molar-refractivity contribution in [3.05, 3.63) is 165 Å². The molecule has 10 heteroatoms. The Morgan fingerprint density at radius 2 is 0.789 bits per heavy atom. The van der Waals surface area contributed by atoms with Gasteiger partial charge in [0.1, 0.15) is 5.69 Å². The summed E-state index contributed by atoms with van der Waals surface area (Å²) in [6.07, 6.45) is 13.6. The van der Waals surface area contributed by atoms with Crippen molar-refractivity contribution in [3.8, 4) is 27.9 Å². The number of hydrogen-bond donors (Lipinski definition) is 2. The first kappa shape index (κ1) is 52.0. The van der Waals surface area contributed by atoms with Gasteiger partial charge in [0.2, 0.25) is 0 Å². The van der Waals surface area contributed by atoms with Gasteiger partial charge in [-0.15, -0.1) is 0 Å². The molecule has 0 amide bonds. The zero-order valence-electron chi connectivity index (χ0n) is 46.7. The molecule has 0 saturated carbocycles. The standard InChI is InChI=1S/C66H72N6O4/c1-14-15-16-17-18-19-28-71-59(73)46-36-48-49(37-47(46)60(71)74)62(76)72(61(48)75)58-54-26-24-52(69-54)56(38-29-40(63(2,3)4)33-41(30-38)64(5,6)7)50-22-20-44(67-50)35-45-21-23-51(68-45)57(53-25-27-55(58)70-53)39-31-42(65(8,9)10)34-43(32-39)66(11,12)13/h20-27,29-37,67-68H,14-19,28H2,1-13H3. The average Bonchev–Trinajstić information content (AvgIpc) is 4.24. The highest BCUT2D eigenvalue weighted by molar-refractivity contribution is 5.99. The molecule has 2 aliphatic rings. The van der Waals surface area contributed by atoms with Gasteiger partial charge in [-0.05, 0) is 128 Å². The normalized spacial score (nSPS) is 13.3. The van der Waals surface area contributed by atoms with E-state index in [1.54, 1.807) is 0 Å². The van der Waals surface area contributed by atoms with Gasteiger partial charge in [0, 0.05) is 39.7 Å². The van der Waals surface area contributed by atoms with E-state index in [2.05, 4.69) is 167 Å². The van der Waals surface area contributed by atoms with Crippen LogP contribution in [-0.2, 0) is 28.2 Å². The number of hydrogen-bond acceptors (Lipinski definition) is 6. The van der Waals surface area contributed by atoms with Crippen LogP contribution in [0.25, 0.3) is 95.9 Å². The van der Waals surface area contributed by atoms with E-state index in [-0.39, 0.29) is 55.4 Å². The van der Waals surface area contributed by atoms with E-state index in [1.807, 2.05) is 24.3 Å². The van der Waals surface area contributed by atoms with E-state index in [0.29, 0.717) is 29.2 Å². The van der Waals surface area contributed by atoms with Gasteiger partial charge in [0.15, 0.2) is 0 Å². The van der Waals surface area contributed by atoms with Crippen LogP contribution in [0, 0.1) is 0 Å². The topological polar surface area (TPSA) is 136 Å². The van der Waals surface area contributed by atoms with Gasteiger partial charge < -0.3 is 9.97 Å². The molecule has 0 radical (unpaired) electrons. The number of benzene rings is 3. The van der Waals surface area contributed by atoms with Crippen molar-refractivity contribution in [3.63, 3.8) is 0 Å². The molecule has 8 aromatic rings. The molecule has 0 unspecified atom stereocenters. The zero-order chi connectivity index (χ0) is 54.4. The fourth-order valence-electron chi connectivity index (χ4n) is 10.7. The molecule has 5 aromatic heterocycles. The number of nitrogens with one attached hydrogen (secondary N) is 2. The van der Waals surface area contributed by atoms with Crippen LogP contribution in [0.3, 0.4) is 0 Å². The van der Waals surface area contributed by atoms with Crippen LogP contribution in [0.15, 0.2) is 98.0 Å². The molecule has 0 aliphatic carbocycles. The molecular formula is C66H72N6O4. The second kappa shape index (κ2) is 19.0. The summed E-state index contributed by atoms with van der Waals surface area (Å²) in [4.78, 5) is 76.7. The summed E-state index contributed by atoms with van der Waals surface area (Å²) < 4.78 is 2.41. The number of aromatic nitrogens is 6. The number of nitrogens with zero attached hydrogens (tertiary/aromatic N) is 4. The smallest absolute Gasteiger partial charge is 0.266 e. The molecule has 7 heterocycles. The van der Waals surface area contributed by atoms with Gasteiger partial charge in [-0.1, -0.05) is 159 Å². The minimum absolute atomic E-state index is 0.0560. The van der Waals surface area contributed by atoms with Gasteiger partial charge in [-0.2, -0.15) is 0 Å². The van der Waals surface area contributed by atoms with E-state index in [1.165, 1.54) is 39.0 Å². The maximum Gasteiger partial charge on any atom is 0.266 e. The largest absolute Gasteiger partial charge is 0.355 e. The third-order valence-corrected chi connectivity index (χ3v) is 15.4. The lowest BCUT2D eigenvalue weighted by atomic mass is 9.78. The van der Waals surface area contributed by atoms with Crippen molar-refractivity contribution in [2.75, 3.05) is 0 Å². The molecule has 0 saturated heterocycles. The molecule has 0 atom stereocenters. The predicted octanol–water partition coefficient (Wildman–Crippen LogP) is 14.8. The Kier molecular flexibility index (Phi) is 13.0. The predicted molar refractivity (Wildman–Crippen MR) is 318 cm³/mol. The highest BCUT2D eigenvalue weighted by Gasteiger charge is 2.28. The fraction of sp³-hybridized carbons (Fsp3) is 0.364. The van der Waals surface area contributed by atoms with Crippen LogP contribution < -0.4 is 22.2 Å². The summed E-state index contributed by atoms with van der Waals surface area (Å²) in [6.45, 7) is 29.1. The number of unbranched alkanes of at least 4 members (excludes halogenated alkanes) is 5. The summed E-state index contributed by atoms with van der Waals surface area (Å²) >= 11 is 0. The average molecular weight is 1010 g/mol. The SMILES string of the molecule is CCCCCCCCn1c(=O)c2cc3c(=O)n(-c4c5nc(c(-c6cc(C(C)(C)C)cc(C(C)(C)C)c6)c6ccc(cc7ccc([nH]7)c(-c7cc(C(C)(C)C)cc(C(C)(C)C)c7)c7nc4C=C7)[nH]6)C=C5)c(=O)c3cc2c1=O. The number of fused-ring (bicyclic) bond motifs is 10. The molecule has 2 N–H and O–H groups in total. The van der Waals surface area contributed by atoms with Gasteiger partial charge in [0.05, 0.1) is 44.3 Å². The van der Waals surface area contributed by atoms with Crippen LogP contribution in [0.2, 0.25) is 0 Å². The Morgan fingerprint density at radius 3 is 1.18 bits per heavy atom. The maximum absolute atomic E-state index is 15.2. The third kappa shape index (κ3) is 9.60. The number of aromatic amines is 2. The minimum atomic E-state index is -0.622.